The predicted octanol–water partition coefficient (Wildman–Crippen LogP) is 2.20. The molecule has 3 aliphatic rings. The topological polar surface area (TPSA) is 67.7 Å². The second-order valence-corrected chi connectivity index (χ2v) is 7.76. The molecule has 26 heavy (non-hydrogen) atoms. The molecule has 1 spiro atoms. The van der Waals surface area contributed by atoms with Gasteiger partial charge in [0.05, 0.1) is 11.6 Å². The molecule has 1 aromatic carbocycles. The van der Waals surface area contributed by atoms with Crippen molar-refractivity contribution in [1.82, 2.24) is 14.7 Å². The number of piperidine rings is 1. The number of rotatable bonds is 3. The van der Waals surface area contributed by atoms with E-state index in [0.29, 0.717) is 13.1 Å². The third-order valence-corrected chi connectivity index (χ3v) is 6.30. The fourth-order valence-electron chi connectivity index (χ4n) is 4.75. The Morgan fingerprint density at radius 3 is 2.62 bits per heavy atom. The number of amides is 3. The number of carbonyl (C=O) groups excluding carboxylic acids is 2. The highest BCUT2D eigenvalue weighted by Crippen LogP contribution is 2.46. The van der Waals surface area contributed by atoms with E-state index in [0.717, 1.165) is 50.0 Å². The zero-order chi connectivity index (χ0) is 18.3. The summed E-state index contributed by atoms with van der Waals surface area (Å²) in [4.78, 5) is 30.4. The molecule has 136 valence electrons. The SMILES string of the molecule is CCN1C(=O)C2CC3(CCN(Cc4ccccc4C#N)CC3)CN2C1=O. The molecule has 3 saturated heterocycles. The highest BCUT2D eigenvalue weighted by atomic mass is 16.2. The molecule has 6 heteroatoms. The molecule has 0 aromatic heterocycles. The van der Waals surface area contributed by atoms with Gasteiger partial charge >= 0.3 is 6.03 Å². The molecule has 3 fully saturated rings. The van der Waals surface area contributed by atoms with Crippen LogP contribution in [0.15, 0.2) is 24.3 Å². The van der Waals surface area contributed by atoms with Crippen molar-refractivity contribution in [2.24, 2.45) is 5.41 Å². The summed E-state index contributed by atoms with van der Waals surface area (Å²) in [5.74, 6) is -0.0141. The maximum Gasteiger partial charge on any atom is 0.327 e. The maximum atomic E-state index is 12.5. The van der Waals surface area contributed by atoms with Crippen molar-refractivity contribution in [2.45, 2.75) is 38.8 Å². The van der Waals surface area contributed by atoms with Crippen LogP contribution in [-0.4, -0.2) is 58.9 Å². The lowest BCUT2D eigenvalue weighted by Crippen LogP contribution is -2.43. The summed E-state index contributed by atoms with van der Waals surface area (Å²) in [5.41, 5.74) is 1.90. The van der Waals surface area contributed by atoms with Gasteiger partial charge in [0.2, 0.25) is 0 Å². The Morgan fingerprint density at radius 1 is 1.23 bits per heavy atom. The van der Waals surface area contributed by atoms with Crippen molar-refractivity contribution >= 4 is 11.9 Å². The van der Waals surface area contributed by atoms with Crippen LogP contribution in [0, 0.1) is 16.7 Å². The lowest BCUT2D eigenvalue weighted by atomic mass is 9.76. The minimum atomic E-state index is -0.242. The van der Waals surface area contributed by atoms with Gasteiger partial charge in [-0.3, -0.25) is 14.6 Å². The smallest absolute Gasteiger partial charge is 0.312 e. The number of carbonyl (C=O) groups is 2. The summed E-state index contributed by atoms with van der Waals surface area (Å²) in [5, 5.41) is 9.26. The number of benzene rings is 1. The molecule has 0 bridgehead atoms. The number of hydrogen-bond acceptors (Lipinski definition) is 4. The number of likely N-dealkylation sites (tertiary alicyclic amines) is 1. The van der Waals surface area contributed by atoms with Gasteiger partial charge in [0.15, 0.2) is 0 Å². The molecule has 1 unspecified atom stereocenters. The minimum Gasteiger partial charge on any atom is -0.312 e. The second kappa shape index (κ2) is 6.40. The maximum absolute atomic E-state index is 12.5. The molecule has 1 aromatic rings. The fraction of sp³-hybridized carbons (Fsp3) is 0.550. The minimum absolute atomic E-state index is 0.0141. The van der Waals surface area contributed by atoms with E-state index in [9.17, 15) is 14.9 Å². The van der Waals surface area contributed by atoms with Gasteiger partial charge in [0.1, 0.15) is 6.04 Å². The first-order valence-electron chi connectivity index (χ1n) is 9.39. The molecule has 3 aliphatic heterocycles. The van der Waals surface area contributed by atoms with Crippen LogP contribution in [-0.2, 0) is 11.3 Å². The van der Waals surface area contributed by atoms with Gasteiger partial charge in [-0.1, -0.05) is 18.2 Å². The van der Waals surface area contributed by atoms with Crippen molar-refractivity contribution in [3.8, 4) is 6.07 Å². The zero-order valence-corrected chi connectivity index (χ0v) is 15.1. The monoisotopic (exact) mass is 352 g/mol. The number of likely N-dealkylation sites (N-methyl/N-ethyl adjacent to an activating group) is 1. The Morgan fingerprint density at radius 2 is 1.96 bits per heavy atom. The van der Waals surface area contributed by atoms with Crippen LogP contribution in [0.4, 0.5) is 4.79 Å². The average Bonchev–Trinajstić information content (AvgIpc) is 3.13. The molecule has 3 amide bonds. The van der Waals surface area contributed by atoms with E-state index < -0.39 is 0 Å². The third kappa shape index (κ3) is 2.67. The van der Waals surface area contributed by atoms with Gasteiger partial charge in [-0.25, -0.2) is 4.79 Å². The van der Waals surface area contributed by atoms with Crippen molar-refractivity contribution in [1.29, 1.82) is 5.26 Å². The highest BCUT2D eigenvalue weighted by molar-refractivity contribution is 6.04. The lowest BCUT2D eigenvalue weighted by Gasteiger charge is -2.39. The van der Waals surface area contributed by atoms with Crippen molar-refractivity contribution in [3.63, 3.8) is 0 Å². The van der Waals surface area contributed by atoms with E-state index in [1.807, 2.05) is 31.2 Å². The number of hydrogen-bond donors (Lipinski definition) is 0. The summed E-state index contributed by atoms with van der Waals surface area (Å²) in [6, 6.07) is 9.67. The van der Waals surface area contributed by atoms with Gasteiger partial charge in [-0.2, -0.15) is 5.26 Å². The molecule has 0 aliphatic carbocycles. The summed E-state index contributed by atoms with van der Waals surface area (Å²) >= 11 is 0. The molecule has 1 atom stereocenters. The fourth-order valence-corrected chi connectivity index (χ4v) is 4.75. The summed E-state index contributed by atoms with van der Waals surface area (Å²) < 4.78 is 0. The number of imide groups is 1. The highest BCUT2D eigenvalue weighted by Gasteiger charge is 2.55. The van der Waals surface area contributed by atoms with E-state index in [-0.39, 0.29) is 23.4 Å². The molecular formula is C20H24N4O2. The Hall–Kier alpha value is -2.39. The molecule has 0 saturated carbocycles. The van der Waals surface area contributed by atoms with Crippen LogP contribution in [0.1, 0.15) is 37.3 Å². The van der Waals surface area contributed by atoms with Crippen molar-refractivity contribution in [2.75, 3.05) is 26.2 Å². The van der Waals surface area contributed by atoms with Gasteiger partial charge < -0.3 is 4.90 Å². The Bertz CT molecular complexity index is 750. The summed E-state index contributed by atoms with van der Waals surface area (Å²) in [6.07, 6.45) is 2.81. The van der Waals surface area contributed by atoms with Gasteiger partial charge in [-0.05, 0) is 56.3 Å². The summed E-state index contributed by atoms with van der Waals surface area (Å²) in [6.45, 7) is 5.70. The van der Waals surface area contributed by atoms with Crippen LogP contribution in [0.25, 0.3) is 0 Å². The van der Waals surface area contributed by atoms with E-state index in [4.69, 9.17) is 0 Å². The number of nitriles is 1. The van der Waals surface area contributed by atoms with Crippen LogP contribution < -0.4 is 0 Å². The van der Waals surface area contributed by atoms with Gasteiger partial charge in [-0.15, -0.1) is 0 Å². The van der Waals surface area contributed by atoms with Crippen LogP contribution >= 0.6 is 0 Å². The predicted molar refractivity (Wildman–Crippen MR) is 96.0 cm³/mol. The van der Waals surface area contributed by atoms with Crippen LogP contribution in [0.5, 0.6) is 0 Å². The first-order chi connectivity index (χ1) is 12.6. The first-order valence-corrected chi connectivity index (χ1v) is 9.39. The molecule has 3 heterocycles. The van der Waals surface area contributed by atoms with Crippen molar-refractivity contribution in [3.05, 3.63) is 35.4 Å². The number of fused-ring (bicyclic) bond motifs is 1. The summed E-state index contributed by atoms with van der Waals surface area (Å²) in [7, 11) is 0. The zero-order valence-electron chi connectivity index (χ0n) is 15.1. The molecular weight excluding hydrogens is 328 g/mol. The van der Waals surface area contributed by atoms with Crippen LogP contribution in [0.3, 0.4) is 0 Å². The van der Waals surface area contributed by atoms with Gasteiger partial charge in [0, 0.05) is 19.6 Å². The third-order valence-electron chi connectivity index (χ3n) is 6.30. The average molecular weight is 352 g/mol. The molecule has 6 nitrogen and oxygen atoms in total. The quantitative estimate of drug-likeness (QED) is 0.782. The number of nitrogens with zero attached hydrogens (tertiary/aromatic N) is 4. The van der Waals surface area contributed by atoms with E-state index in [2.05, 4.69) is 11.0 Å². The Labute approximate surface area is 154 Å². The Balaban J connectivity index is 1.40. The Kier molecular flexibility index (Phi) is 4.20. The first kappa shape index (κ1) is 17.0. The normalized spacial score (nSPS) is 25.0. The lowest BCUT2D eigenvalue weighted by molar-refractivity contribution is -0.128. The largest absolute Gasteiger partial charge is 0.327 e. The standard InChI is InChI=1S/C20H24N4O2/c1-2-23-18(25)17-11-20(14-24(17)19(23)26)7-9-22(10-8-20)13-16-6-4-3-5-15(16)12-21/h3-6,17H,2,7-11,13-14H2,1H3. The molecule has 4 rings (SSSR count). The van der Waals surface area contributed by atoms with E-state index in [1.165, 1.54) is 4.90 Å². The number of urea groups is 1. The molecule has 0 N–H and O–H groups in total. The van der Waals surface area contributed by atoms with Gasteiger partial charge in [0.25, 0.3) is 5.91 Å². The van der Waals surface area contributed by atoms with E-state index in [1.54, 1.807) is 4.90 Å². The van der Waals surface area contributed by atoms with E-state index >= 15 is 0 Å². The molecule has 0 radical (unpaired) electrons. The second-order valence-electron chi connectivity index (χ2n) is 7.76. The van der Waals surface area contributed by atoms with Crippen LogP contribution in [0.2, 0.25) is 0 Å². The van der Waals surface area contributed by atoms with Crippen molar-refractivity contribution < 1.29 is 9.59 Å².